The number of rotatable bonds is 6. The number of carbonyl (C=O) groups is 2. The van der Waals surface area contributed by atoms with Crippen LogP contribution in [0.4, 0.5) is 0 Å². The SMILES string of the molecule is CCSC1CCCC(NC(=O)c2c(C)coc2CC(=O)O)C1. The first kappa shape index (κ1) is 16.9. The molecule has 0 saturated heterocycles. The maximum Gasteiger partial charge on any atom is 0.311 e. The summed E-state index contributed by atoms with van der Waals surface area (Å²) >= 11 is 1.95. The summed E-state index contributed by atoms with van der Waals surface area (Å²) in [5.41, 5.74) is 1.07. The van der Waals surface area contributed by atoms with Crippen molar-refractivity contribution in [1.82, 2.24) is 5.32 Å². The summed E-state index contributed by atoms with van der Waals surface area (Å²) in [6.07, 6.45) is 5.47. The summed E-state index contributed by atoms with van der Waals surface area (Å²) in [7, 11) is 0. The van der Waals surface area contributed by atoms with E-state index >= 15 is 0 Å². The van der Waals surface area contributed by atoms with E-state index in [-0.39, 0.29) is 24.1 Å². The zero-order valence-electron chi connectivity index (χ0n) is 13.1. The van der Waals surface area contributed by atoms with E-state index in [4.69, 9.17) is 9.52 Å². The monoisotopic (exact) mass is 325 g/mol. The minimum absolute atomic E-state index is 0.164. The molecule has 1 aromatic heterocycles. The average Bonchev–Trinajstić information content (AvgIpc) is 2.79. The number of thioether (sulfide) groups is 1. The van der Waals surface area contributed by atoms with E-state index in [1.54, 1.807) is 6.92 Å². The molecule has 0 aliphatic heterocycles. The van der Waals surface area contributed by atoms with Gasteiger partial charge in [-0.05, 0) is 31.9 Å². The quantitative estimate of drug-likeness (QED) is 0.840. The van der Waals surface area contributed by atoms with Crippen LogP contribution in [-0.2, 0) is 11.2 Å². The van der Waals surface area contributed by atoms with Gasteiger partial charge >= 0.3 is 5.97 Å². The molecule has 2 rings (SSSR count). The van der Waals surface area contributed by atoms with E-state index in [9.17, 15) is 9.59 Å². The van der Waals surface area contributed by atoms with Crippen LogP contribution in [0.3, 0.4) is 0 Å². The number of carboxylic acid groups (broad SMARTS) is 1. The van der Waals surface area contributed by atoms with Crippen LogP contribution in [0.15, 0.2) is 10.7 Å². The molecule has 1 aliphatic carbocycles. The second-order valence-corrected chi connectivity index (χ2v) is 7.28. The molecule has 2 N–H and O–H groups in total. The third kappa shape index (κ3) is 4.29. The van der Waals surface area contributed by atoms with E-state index < -0.39 is 5.97 Å². The first-order chi connectivity index (χ1) is 10.5. The zero-order chi connectivity index (χ0) is 16.1. The first-order valence-corrected chi connectivity index (χ1v) is 8.77. The highest BCUT2D eigenvalue weighted by molar-refractivity contribution is 7.99. The van der Waals surface area contributed by atoms with Gasteiger partial charge in [-0.2, -0.15) is 11.8 Å². The molecule has 1 aliphatic rings. The number of aryl methyl sites for hydroxylation is 1. The lowest BCUT2D eigenvalue weighted by Gasteiger charge is -2.29. The number of furan rings is 1. The van der Waals surface area contributed by atoms with Crippen LogP contribution in [-0.4, -0.2) is 34.0 Å². The van der Waals surface area contributed by atoms with Crippen molar-refractivity contribution in [2.75, 3.05) is 5.75 Å². The second-order valence-electron chi connectivity index (χ2n) is 5.70. The number of hydrogen-bond donors (Lipinski definition) is 2. The molecule has 0 bridgehead atoms. The first-order valence-electron chi connectivity index (χ1n) is 7.72. The average molecular weight is 325 g/mol. The number of hydrogen-bond acceptors (Lipinski definition) is 4. The summed E-state index contributed by atoms with van der Waals surface area (Å²) in [6.45, 7) is 3.92. The molecule has 0 aromatic carbocycles. The van der Waals surface area contributed by atoms with E-state index in [2.05, 4.69) is 12.2 Å². The van der Waals surface area contributed by atoms with Gasteiger partial charge in [0.1, 0.15) is 12.2 Å². The Morgan fingerprint density at radius 3 is 2.91 bits per heavy atom. The second kappa shape index (κ2) is 7.72. The molecule has 0 spiro atoms. The Morgan fingerprint density at radius 1 is 1.45 bits per heavy atom. The summed E-state index contributed by atoms with van der Waals surface area (Å²) in [4.78, 5) is 23.4. The van der Waals surface area contributed by atoms with Crippen molar-refractivity contribution in [1.29, 1.82) is 0 Å². The Balaban J connectivity index is 2.03. The van der Waals surface area contributed by atoms with E-state index in [0.717, 1.165) is 25.0 Å². The van der Waals surface area contributed by atoms with Crippen molar-refractivity contribution in [2.45, 2.75) is 57.2 Å². The van der Waals surface area contributed by atoms with Crippen LogP contribution < -0.4 is 5.32 Å². The number of aliphatic carboxylic acids is 1. The summed E-state index contributed by atoms with van der Waals surface area (Å²) in [5, 5.41) is 12.6. The number of nitrogens with one attached hydrogen (secondary N) is 1. The lowest BCUT2D eigenvalue weighted by Crippen LogP contribution is -2.39. The van der Waals surface area contributed by atoms with Gasteiger partial charge in [0.05, 0.1) is 11.8 Å². The van der Waals surface area contributed by atoms with Crippen LogP contribution in [0.2, 0.25) is 0 Å². The van der Waals surface area contributed by atoms with Crippen molar-refractivity contribution in [3.8, 4) is 0 Å². The summed E-state index contributed by atoms with van der Waals surface area (Å²) in [6, 6.07) is 0.164. The van der Waals surface area contributed by atoms with E-state index in [0.29, 0.717) is 16.4 Å². The maximum absolute atomic E-state index is 12.5. The standard InChI is InChI=1S/C16H23NO4S/c1-3-22-12-6-4-5-11(7-12)17-16(20)15-10(2)9-21-13(15)8-14(18)19/h9,11-12H,3-8H2,1-2H3,(H,17,20)(H,18,19). The van der Waals surface area contributed by atoms with Crippen LogP contribution in [0.25, 0.3) is 0 Å². The lowest BCUT2D eigenvalue weighted by atomic mass is 9.94. The molecular formula is C16H23NO4S. The Labute approximate surface area is 134 Å². The summed E-state index contributed by atoms with van der Waals surface area (Å²) < 4.78 is 5.23. The molecule has 2 atom stereocenters. The third-order valence-corrected chi connectivity index (χ3v) is 5.19. The smallest absolute Gasteiger partial charge is 0.311 e. The molecule has 6 heteroatoms. The van der Waals surface area contributed by atoms with E-state index in [1.165, 1.54) is 12.7 Å². The van der Waals surface area contributed by atoms with Gasteiger partial charge in [-0.25, -0.2) is 0 Å². The van der Waals surface area contributed by atoms with Crippen molar-refractivity contribution in [3.05, 3.63) is 23.2 Å². The number of amides is 1. The topological polar surface area (TPSA) is 79.5 Å². The Morgan fingerprint density at radius 2 is 2.23 bits per heavy atom. The third-order valence-electron chi connectivity index (χ3n) is 3.95. The Kier molecular flexibility index (Phi) is 5.94. The van der Waals surface area contributed by atoms with E-state index in [1.807, 2.05) is 11.8 Å². The zero-order valence-corrected chi connectivity index (χ0v) is 13.9. The summed E-state index contributed by atoms with van der Waals surface area (Å²) in [5.74, 6) is 0.113. The molecule has 1 fully saturated rings. The molecule has 122 valence electrons. The minimum Gasteiger partial charge on any atom is -0.481 e. The molecule has 2 unspecified atom stereocenters. The maximum atomic E-state index is 12.5. The fourth-order valence-corrected chi connectivity index (χ4v) is 4.16. The molecular weight excluding hydrogens is 302 g/mol. The van der Waals surface area contributed by atoms with Crippen molar-refractivity contribution < 1.29 is 19.1 Å². The molecule has 0 radical (unpaired) electrons. The number of carbonyl (C=O) groups excluding carboxylic acids is 1. The highest BCUT2D eigenvalue weighted by Gasteiger charge is 2.26. The minimum atomic E-state index is -1.000. The fraction of sp³-hybridized carbons (Fsp3) is 0.625. The van der Waals surface area contributed by atoms with Crippen molar-refractivity contribution >= 4 is 23.6 Å². The van der Waals surface area contributed by atoms with Crippen molar-refractivity contribution in [2.24, 2.45) is 0 Å². The van der Waals surface area contributed by atoms with Gasteiger partial charge in [0.2, 0.25) is 0 Å². The highest BCUT2D eigenvalue weighted by Crippen LogP contribution is 2.29. The van der Waals surface area contributed by atoms with Crippen LogP contribution in [0.5, 0.6) is 0 Å². The van der Waals surface area contributed by atoms with Gasteiger partial charge in [-0.3, -0.25) is 9.59 Å². The predicted molar refractivity (Wildman–Crippen MR) is 86.4 cm³/mol. The van der Waals surface area contributed by atoms with Gasteiger partial charge in [0.15, 0.2) is 0 Å². The van der Waals surface area contributed by atoms with Crippen LogP contribution in [0.1, 0.15) is 54.3 Å². The van der Waals surface area contributed by atoms with Gasteiger partial charge in [0, 0.05) is 16.9 Å². The van der Waals surface area contributed by atoms with Crippen LogP contribution >= 0.6 is 11.8 Å². The predicted octanol–water partition coefficient (Wildman–Crippen LogP) is 3.01. The molecule has 5 nitrogen and oxygen atoms in total. The molecule has 1 amide bonds. The molecule has 1 aromatic rings. The van der Waals surface area contributed by atoms with Crippen molar-refractivity contribution in [3.63, 3.8) is 0 Å². The van der Waals surface area contributed by atoms with Gasteiger partial charge in [-0.1, -0.05) is 13.3 Å². The molecule has 22 heavy (non-hydrogen) atoms. The van der Waals surface area contributed by atoms with Gasteiger partial charge in [-0.15, -0.1) is 0 Å². The number of carboxylic acids is 1. The molecule has 1 saturated carbocycles. The Bertz CT molecular complexity index is 538. The van der Waals surface area contributed by atoms with Crippen LogP contribution in [0, 0.1) is 6.92 Å². The van der Waals surface area contributed by atoms with Gasteiger partial charge in [0.25, 0.3) is 5.91 Å². The van der Waals surface area contributed by atoms with Gasteiger partial charge < -0.3 is 14.8 Å². The highest BCUT2D eigenvalue weighted by atomic mass is 32.2. The molecule has 1 heterocycles. The lowest BCUT2D eigenvalue weighted by molar-refractivity contribution is -0.136. The Hall–Kier alpha value is -1.43. The largest absolute Gasteiger partial charge is 0.481 e. The normalized spacial score (nSPS) is 21.5. The fourth-order valence-electron chi connectivity index (χ4n) is 2.99.